The Morgan fingerprint density at radius 2 is 2.13 bits per heavy atom. The molecule has 1 amide bonds. The van der Waals surface area contributed by atoms with Gasteiger partial charge in [-0.2, -0.15) is 5.10 Å². The molecule has 2 aromatic heterocycles. The second-order valence-electron chi connectivity index (χ2n) is 7.94. The third-order valence-electron chi connectivity index (χ3n) is 6.09. The van der Waals surface area contributed by atoms with Crippen LogP contribution in [0.3, 0.4) is 0 Å². The van der Waals surface area contributed by atoms with Gasteiger partial charge in [0, 0.05) is 18.7 Å². The molecule has 0 radical (unpaired) electrons. The van der Waals surface area contributed by atoms with Crippen LogP contribution < -0.4 is 5.56 Å². The highest BCUT2D eigenvalue weighted by atomic mass is 16.2. The Morgan fingerprint density at radius 1 is 1.37 bits per heavy atom. The molecule has 3 heterocycles. The largest absolute Gasteiger partial charge is 0.337 e. The number of aromatic amines is 1. The molecule has 4 rings (SSSR count). The summed E-state index contributed by atoms with van der Waals surface area (Å²) in [5, 5.41) is 5.32. The van der Waals surface area contributed by atoms with Gasteiger partial charge in [-0.25, -0.2) is 9.67 Å². The maximum atomic E-state index is 12.7. The van der Waals surface area contributed by atoms with E-state index in [2.05, 4.69) is 42.5 Å². The molecule has 2 unspecified atom stereocenters. The zero-order valence-corrected chi connectivity index (χ0v) is 17.5. The smallest absolute Gasteiger partial charge is 0.262 e. The van der Waals surface area contributed by atoms with Gasteiger partial charge in [0.05, 0.1) is 12.4 Å². The molecular weight excluding hydrogens is 378 g/mol. The molecule has 3 aromatic rings. The van der Waals surface area contributed by atoms with E-state index in [1.54, 1.807) is 4.90 Å². The second kappa shape index (κ2) is 8.26. The predicted octanol–water partition coefficient (Wildman–Crippen LogP) is 3.65. The lowest BCUT2D eigenvalue weighted by Crippen LogP contribution is -2.40. The van der Waals surface area contributed by atoms with Gasteiger partial charge in [0.1, 0.15) is 11.1 Å². The molecule has 30 heavy (non-hydrogen) atoms. The highest BCUT2D eigenvalue weighted by Gasteiger charge is 2.27. The van der Waals surface area contributed by atoms with Crippen LogP contribution in [0, 0.1) is 0 Å². The third-order valence-corrected chi connectivity index (χ3v) is 6.09. The van der Waals surface area contributed by atoms with E-state index in [0.717, 1.165) is 24.8 Å². The SMILES string of the molecule is C=CC(=O)N1CCCC(n2nc(-c3ccc(C(C)CC)cc3)c3c(=O)[nH]cnc32)C1. The van der Waals surface area contributed by atoms with Crippen molar-refractivity contribution in [2.24, 2.45) is 0 Å². The maximum absolute atomic E-state index is 12.7. The quantitative estimate of drug-likeness (QED) is 0.657. The Bertz CT molecular complexity index is 1130. The monoisotopic (exact) mass is 405 g/mol. The van der Waals surface area contributed by atoms with Gasteiger partial charge in [-0.1, -0.05) is 44.7 Å². The number of likely N-dealkylation sites (tertiary alicyclic amines) is 1. The van der Waals surface area contributed by atoms with Crippen LogP contribution in [-0.2, 0) is 4.79 Å². The number of H-pyrrole nitrogens is 1. The summed E-state index contributed by atoms with van der Waals surface area (Å²) in [6.07, 6.45) is 5.57. The number of hydrogen-bond donors (Lipinski definition) is 1. The fourth-order valence-electron chi connectivity index (χ4n) is 4.13. The number of piperidine rings is 1. The number of aromatic nitrogens is 4. The number of hydrogen-bond acceptors (Lipinski definition) is 4. The Labute approximate surface area is 175 Å². The summed E-state index contributed by atoms with van der Waals surface area (Å²) in [7, 11) is 0. The lowest BCUT2D eigenvalue weighted by Gasteiger charge is -2.32. The van der Waals surface area contributed by atoms with E-state index in [-0.39, 0.29) is 17.5 Å². The molecule has 1 N–H and O–H groups in total. The van der Waals surface area contributed by atoms with E-state index in [9.17, 15) is 9.59 Å². The van der Waals surface area contributed by atoms with E-state index in [1.165, 1.54) is 18.0 Å². The van der Waals surface area contributed by atoms with Crippen molar-refractivity contribution in [3.63, 3.8) is 0 Å². The van der Waals surface area contributed by atoms with Crippen molar-refractivity contribution >= 4 is 16.9 Å². The van der Waals surface area contributed by atoms with Crippen LogP contribution in [0.25, 0.3) is 22.3 Å². The maximum Gasteiger partial charge on any atom is 0.262 e. The van der Waals surface area contributed by atoms with E-state index >= 15 is 0 Å². The van der Waals surface area contributed by atoms with Crippen molar-refractivity contribution in [2.75, 3.05) is 13.1 Å². The second-order valence-corrected chi connectivity index (χ2v) is 7.94. The Hall–Kier alpha value is -3.22. The molecule has 7 nitrogen and oxygen atoms in total. The van der Waals surface area contributed by atoms with E-state index in [0.29, 0.717) is 35.7 Å². The summed E-state index contributed by atoms with van der Waals surface area (Å²) >= 11 is 0. The summed E-state index contributed by atoms with van der Waals surface area (Å²) < 4.78 is 1.82. The first-order valence-electron chi connectivity index (χ1n) is 10.5. The fourth-order valence-corrected chi connectivity index (χ4v) is 4.13. The van der Waals surface area contributed by atoms with E-state index < -0.39 is 0 Å². The number of carbonyl (C=O) groups excluding carboxylic acids is 1. The van der Waals surface area contributed by atoms with Gasteiger partial charge in [0.25, 0.3) is 5.56 Å². The third kappa shape index (κ3) is 3.56. The number of fused-ring (bicyclic) bond motifs is 1. The summed E-state index contributed by atoms with van der Waals surface area (Å²) in [4.78, 5) is 33.7. The molecule has 1 fully saturated rings. The highest BCUT2D eigenvalue weighted by molar-refractivity contribution is 5.90. The fraction of sp³-hybridized carbons (Fsp3) is 0.391. The van der Waals surface area contributed by atoms with Gasteiger partial charge in [-0.15, -0.1) is 0 Å². The van der Waals surface area contributed by atoms with Crippen LogP contribution in [0.5, 0.6) is 0 Å². The van der Waals surface area contributed by atoms with Crippen molar-refractivity contribution in [1.29, 1.82) is 0 Å². The number of rotatable bonds is 5. The van der Waals surface area contributed by atoms with Gasteiger partial charge in [0.15, 0.2) is 5.65 Å². The van der Waals surface area contributed by atoms with Crippen molar-refractivity contribution in [3.8, 4) is 11.3 Å². The molecule has 2 atom stereocenters. The molecule has 1 aliphatic heterocycles. The average Bonchev–Trinajstić information content (AvgIpc) is 3.19. The number of carbonyl (C=O) groups is 1. The standard InChI is InChI=1S/C23H27N5O2/c1-4-15(3)16-8-10-17(11-9-16)21-20-22(24-14-25-23(20)30)28(26-21)18-7-6-12-27(13-18)19(29)5-2/h5,8-11,14-15,18H,2,4,6-7,12-13H2,1,3H3,(H,24,25,30). The first-order chi connectivity index (χ1) is 14.5. The Kier molecular flexibility index (Phi) is 5.53. The van der Waals surface area contributed by atoms with Crippen LogP contribution >= 0.6 is 0 Å². The zero-order chi connectivity index (χ0) is 21.3. The molecule has 156 valence electrons. The normalized spacial score (nSPS) is 17.8. The summed E-state index contributed by atoms with van der Waals surface area (Å²) in [5.41, 5.74) is 3.13. The van der Waals surface area contributed by atoms with Crippen LogP contribution in [-0.4, -0.2) is 43.6 Å². The summed E-state index contributed by atoms with van der Waals surface area (Å²) in [6, 6.07) is 8.21. The highest BCUT2D eigenvalue weighted by Crippen LogP contribution is 2.31. The average molecular weight is 406 g/mol. The molecule has 0 aliphatic carbocycles. The molecule has 0 spiro atoms. The van der Waals surface area contributed by atoms with Gasteiger partial charge >= 0.3 is 0 Å². The zero-order valence-electron chi connectivity index (χ0n) is 17.5. The van der Waals surface area contributed by atoms with Crippen molar-refractivity contribution < 1.29 is 4.79 Å². The van der Waals surface area contributed by atoms with Crippen molar-refractivity contribution in [2.45, 2.75) is 45.1 Å². The van der Waals surface area contributed by atoms with E-state index in [1.807, 2.05) is 16.8 Å². The van der Waals surface area contributed by atoms with Crippen LogP contribution in [0.4, 0.5) is 0 Å². The number of amides is 1. The van der Waals surface area contributed by atoms with Crippen LogP contribution in [0.1, 0.15) is 50.6 Å². The van der Waals surface area contributed by atoms with Gasteiger partial charge in [-0.05, 0) is 36.8 Å². The number of benzene rings is 1. The molecule has 1 aliphatic rings. The minimum Gasteiger partial charge on any atom is -0.337 e. The minimum absolute atomic E-state index is 0.0346. The van der Waals surface area contributed by atoms with Gasteiger partial charge in [0.2, 0.25) is 5.91 Å². The lowest BCUT2D eigenvalue weighted by atomic mass is 9.97. The Morgan fingerprint density at radius 3 is 2.83 bits per heavy atom. The molecule has 1 saturated heterocycles. The van der Waals surface area contributed by atoms with Gasteiger partial charge < -0.3 is 9.88 Å². The summed E-state index contributed by atoms with van der Waals surface area (Å²) in [5.74, 6) is 0.400. The van der Waals surface area contributed by atoms with Crippen LogP contribution in [0.15, 0.2) is 48.0 Å². The number of nitrogens with zero attached hydrogens (tertiary/aromatic N) is 4. The first kappa shape index (κ1) is 20.1. The lowest BCUT2D eigenvalue weighted by molar-refractivity contribution is -0.127. The van der Waals surface area contributed by atoms with Crippen molar-refractivity contribution in [3.05, 3.63) is 59.2 Å². The van der Waals surface area contributed by atoms with Crippen molar-refractivity contribution in [1.82, 2.24) is 24.6 Å². The predicted molar refractivity (Wildman–Crippen MR) is 117 cm³/mol. The molecule has 0 saturated carbocycles. The number of nitrogens with one attached hydrogen (secondary N) is 1. The topological polar surface area (TPSA) is 83.9 Å². The molecule has 1 aromatic carbocycles. The Balaban J connectivity index is 1.78. The van der Waals surface area contributed by atoms with E-state index in [4.69, 9.17) is 5.10 Å². The molecular formula is C23H27N5O2. The first-order valence-corrected chi connectivity index (χ1v) is 10.5. The van der Waals surface area contributed by atoms with Gasteiger partial charge in [-0.3, -0.25) is 9.59 Å². The molecule has 0 bridgehead atoms. The minimum atomic E-state index is -0.206. The molecule has 7 heteroatoms. The summed E-state index contributed by atoms with van der Waals surface area (Å²) in [6.45, 7) is 9.20. The van der Waals surface area contributed by atoms with Crippen LogP contribution in [0.2, 0.25) is 0 Å².